The van der Waals surface area contributed by atoms with E-state index in [4.69, 9.17) is 8.94 Å². The third-order valence-corrected chi connectivity index (χ3v) is 4.91. The number of hydrogen-bond acceptors (Lipinski definition) is 5. The summed E-state index contributed by atoms with van der Waals surface area (Å²) in [4.78, 5) is 16.3. The van der Waals surface area contributed by atoms with Crippen molar-refractivity contribution in [1.82, 2.24) is 14.7 Å². The molecule has 0 unspecified atom stereocenters. The summed E-state index contributed by atoms with van der Waals surface area (Å²) in [5.74, 6) is 1.38. The van der Waals surface area contributed by atoms with E-state index in [-0.39, 0.29) is 12.4 Å². The lowest BCUT2D eigenvalue weighted by Crippen LogP contribution is -2.18. The van der Waals surface area contributed by atoms with Crippen LogP contribution in [0.4, 0.5) is 4.39 Å². The molecule has 1 aliphatic rings. The van der Waals surface area contributed by atoms with E-state index in [9.17, 15) is 9.18 Å². The van der Waals surface area contributed by atoms with Gasteiger partial charge in [-0.25, -0.2) is 14.2 Å². The average molecular weight is 357 g/mol. The summed E-state index contributed by atoms with van der Waals surface area (Å²) in [5.41, 5.74) is 0.837. The van der Waals surface area contributed by atoms with Crippen molar-refractivity contribution in [2.24, 2.45) is 0 Å². The van der Waals surface area contributed by atoms with Gasteiger partial charge in [0.25, 0.3) is 0 Å². The molecule has 7 heteroatoms. The van der Waals surface area contributed by atoms with Crippen LogP contribution in [0.15, 0.2) is 44.2 Å². The Labute approximate surface area is 149 Å². The molecule has 0 radical (unpaired) electrons. The normalized spacial score (nSPS) is 15.4. The highest BCUT2D eigenvalue weighted by Crippen LogP contribution is 2.32. The van der Waals surface area contributed by atoms with Gasteiger partial charge in [-0.2, -0.15) is 0 Å². The summed E-state index contributed by atoms with van der Waals surface area (Å²) in [6, 6.07) is 6.07. The lowest BCUT2D eigenvalue weighted by atomic mass is 9.88. The van der Waals surface area contributed by atoms with E-state index in [1.165, 1.54) is 36.0 Å². The molecule has 1 aromatic carbocycles. The number of oxazole rings is 1. The van der Waals surface area contributed by atoms with Crippen molar-refractivity contribution >= 4 is 0 Å². The third-order valence-electron chi connectivity index (χ3n) is 4.91. The molecule has 1 aliphatic carbocycles. The van der Waals surface area contributed by atoms with Gasteiger partial charge in [0, 0.05) is 12.3 Å². The highest BCUT2D eigenvalue weighted by Gasteiger charge is 2.21. The number of benzene rings is 1. The van der Waals surface area contributed by atoms with Crippen LogP contribution in [0.2, 0.25) is 0 Å². The molecule has 0 saturated heterocycles. The van der Waals surface area contributed by atoms with E-state index >= 15 is 0 Å². The molecular weight excluding hydrogens is 337 g/mol. The molecule has 0 atom stereocenters. The number of aromatic nitrogens is 3. The SMILES string of the molecule is O=c1onc(Cc2ccc(F)cc2)n1Cc1ncc(C2CCCCC2)o1. The molecule has 0 N–H and O–H groups in total. The van der Waals surface area contributed by atoms with E-state index in [1.54, 1.807) is 18.3 Å². The number of rotatable bonds is 5. The van der Waals surface area contributed by atoms with Crippen LogP contribution in [0.1, 0.15) is 61.1 Å². The lowest BCUT2D eigenvalue weighted by molar-refractivity contribution is 0.349. The first-order valence-corrected chi connectivity index (χ1v) is 8.93. The zero-order valence-corrected chi connectivity index (χ0v) is 14.4. The van der Waals surface area contributed by atoms with E-state index in [0.29, 0.717) is 24.1 Å². The van der Waals surface area contributed by atoms with Gasteiger partial charge in [-0.1, -0.05) is 36.6 Å². The Hall–Kier alpha value is -2.70. The van der Waals surface area contributed by atoms with Crippen LogP contribution in [-0.4, -0.2) is 14.7 Å². The first kappa shape index (κ1) is 16.8. The fourth-order valence-corrected chi connectivity index (χ4v) is 3.47. The van der Waals surface area contributed by atoms with Gasteiger partial charge in [0.1, 0.15) is 18.1 Å². The number of nitrogens with zero attached hydrogens (tertiary/aromatic N) is 3. The van der Waals surface area contributed by atoms with Gasteiger partial charge in [0.05, 0.1) is 6.20 Å². The Balaban J connectivity index is 1.51. The fourth-order valence-electron chi connectivity index (χ4n) is 3.47. The van der Waals surface area contributed by atoms with Crippen molar-refractivity contribution in [2.75, 3.05) is 0 Å². The van der Waals surface area contributed by atoms with Crippen molar-refractivity contribution in [2.45, 2.75) is 51.0 Å². The third kappa shape index (κ3) is 3.61. The minimum absolute atomic E-state index is 0.172. The largest absolute Gasteiger partial charge is 0.443 e. The number of hydrogen-bond donors (Lipinski definition) is 0. The van der Waals surface area contributed by atoms with Crippen molar-refractivity contribution in [3.05, 3.63) is 69.9 Å². The van der Waals surface area contributed by atoms with Gasteiger partial charge in [-0.05, 0) is 30.5 Å². The Morgan fingerprint density at radius 2 is 1.92 bits per heavy atom. The molecule has 1 saturated carbocycles. The monoisotopic (exact) mass is 357 g/mol. The van der Waals surface area contributed by atoms with Gasteiger partial charge in [0.15, 0.2) is 5.82 Å². The highest BCUT2D eigenvalue weighted by atomic mass is 19.1. The standard InChI is InChI=1S/C19H20FN3O3/c20-15-8-6-13(7-9-15)10-17-22-26-19(24)23(17)12-18-21-11-16(25-18)14-4-2-1-3-5-14/h6-9,11,14H,1-5,10,12H2. The van der Waals surface area contributed by atoms with E-state index < -0.39 is 5.76 Å². The molecule has 26 heavy (non-hydrogen) atoms. The maximum Gasteiger partial charge on any atom is 0.442 e. The lowest BCUT2D eigenvalue weighted by Gasteiger charge is -2.18. The first-order chi connectivity index (χ1) is 12.7. The second kappa shape index (κ2) is 7.27. The van der Waals surface area contributed by atoms with Crippen LogP contribution in [0.3, 0.4) is 0 Å². The predicted molar refractivity (Wildman–Crippen MR) is 91.4 cm³/mol. The van der Waals surface area contributed by atoms with Gasteiger partial charge in [-0.3, -0.25) is 9.09 Å². The topological polar surface area (TPSA) is 74.1 Å². The van der Waals surface area contributed by atoms with Gasteiger partial charge < -0.3 is 4.42 Å². The second-order valence-electron chi connectivity index (χ2n) is 6.75. The second-order valence-corrected chi connectivity index (χ2v) is 6.75. The van der Waals surface area contributed by atoms with E-state index in [2.05, 4.69) is 10.1 Å². The molecule has 0 amide bonds. The maximum absolute atomic E-state index is 13.0. The van der Waals surface area contributed by atoms with E-state index in [0.717, 1.165) is 24.2 Å². The van der Waals surface area contributed by atoms with Gasteiger partial charge in [0.2, 0.25) is 5.89 Å². The van der Waals surface area contributed by atoms with Crippen molar-refractivity contribution in [3.8, 4) is 0 Å². The smallest absolute Gasteiger partial charge is 0.442 e. The van der Waals surface area contributed by atoms with Crippen LogP contribution in [0.5, 0.6) is 0 Å². The Morgan fingerprint density at radius 3 is 2.69 bits per heavy atom. The molecule has 3 aromatic rings. The molecule has 136 valence electrons. The first-order valence-electron chi connectivity index (χ1n) is 8.93. The Bertz CT molecular complexity index is 920. The molecule has 2 aromatic heterocycles. The van der Waals surface area contributed by atoms with Gasteiger partial charge in [-0.15, -0.1) is 0 Å². The van der Waals surface area contributed by atoms with Gasteiger partial charge >= 0.3 is 5.76 Å². The molecule has 1 fully saturated rings. The highest BCUT2D eigenvalue weighted by molar-refractivity contribution is 5.19. The molecule has 2 heterocycles. The van der Waals surface area contributed by atoms with Crippen LogP contribution >= 0.6 is 0 Å². The quantitative estimate of drug-likeness (QED) is 0.697. The summed E-state index contributed by atoms with van der Waals surface area (Å²) in [6.45, 7) is 0.172. The summed E-state index contributed by atoms with van der Waals surface area (Å²) in [7, 11) is 0. The van der Waals surface area contributed by atoms with Crippen molar-refractivity contribution in [1.29, 1.82) is 0 Å². The summed E-state index contributed by atoms with van der Waals surface area (Å²) in [5, 5.41) is 3.84. The zero-order valence-electron chi connectivity index (χ0n) is 14.4. The van der Waals surface area contributed by atoms with Crippen LogP contribution in [-0.2, 0) is 13.0 Å². The molecule has 4 rings (SSSR count). The van der Waals surface area contributed by atoms with Crippen LogP contribution in [0.25, 0.3) is 0 Å². The summed E-state index contributed by atoms with van der Waals surface area (Å²) in [6.07, 6.45) is 8.09. The average Bonchev–Trinajstić information content (AvgIpc) is 3.27. The van der Waals surface area contributed by atoms with Crippen LogP contribution < -0.4 is 5.76 Å². The molecule has 0 spiro atoms. The minimum atomic E-state index is -0.556. The molecule has 0 bridgehead atoms. The summed E-state index contributed by atoms with van der Waals surface area (Å²) < 4.78 is 25.1. The maximum atomic E-state index is 13.0. The van der Waals surface area contributed by atoms with Crippen molar-refractivity contribution in [3.63, 3.8) is 0 Å². The fraction of sp³-hybridized carbons (Fsp3) is 0.421. The van der Waals surface area contributed by atoms with Crippen LogP contribution in [0, 0.1) is 5.82 Å². The Morgan fingerprint density at radius 1 is 1.15 bits per heavy atom. The molecular formula is C19H20FN3O3. The Kier molecular flexibility index (Phi) is 4.69. The molecule has 6 nitrogen and oxygen atoms in total. The van der Waals surface area contributed by atoms with E-state index in [1.807, 2.05) is 0 Å². The summed E-state index contributed by atoms with van der Waals surface area (Å²) >= 11 is 0. The van der Waals surface area contributed by atoms with Crippen molar-refractivity contribution < 1.29 is 13.3 Å². The number of halogens is 1. The zero-order chi connectivity index (χ0) is 17.9. The predicted octanol–water partition coefficient (Wildman–Crippen LogP) is 3.65. The molecule has 0 aliphatic heterocycles. The minimum Gasteiger partial charge on any atom is -0.443 e.